The number of aryl methyl sites for hydroxylation is 1. The van der Waals surface area contributed by atoms with E-state index in [4.69, 9.17) is 16.3 Å². The third-order valence-corrected chi connectivity index (χ3v) is 7.12. The van der Waals surface area contributed by atoms with Crippen LogP contribution in [0.5, 0.6) is 5.75 Å². The quantitative estimate of drug-likeness (QED) is 0.192. The highest BCUT2D eigenvalue weighted by Crippen LogP contribution is 2.37. The summed E-state index contributed by atoms with van der Waals surface area (Å²) < 4.78 is 7.35. The van der Waals surface area contributed by atoms with Crippen molar-refractivity contribution >= 4 is 38.7 Å². The van der Waals surface area contributed by atoms with Crippen molar-refractivity contribution in [2.45, 2.75) is 32.8 Å². The molecule has 0 radical (unpaired) electrons. The molecule has 0 fully saturated rings. The molecule has 5 rings (SSSR count). The molecule has 2 aromatic heterocycles. The Hall–Kier alpha value is -3.53. The van der Waals surface area contributed by atoms with Gasteiger partial charge in [0.05, 0.1) is 11.6 Å². The minimum atomic E-state index is 0.0702. The molecule has 35 heavy (non-hydrogen) atoms. The third kappa shape index (κ3) is 5.27. The fraction of sp³-hybridized carbons (Fsp3) is 0.214. The van der Waals surface area contributed by atoms with E-state index in [9.17, 15) is 0 Å². The van der Waals surface area contributed by atoms with Crippen LogP contribution in [-0.4, -0.2) is 17.2 Å². The lowest BCUT2D eigenvalue weighted by Crippen LogP contribution is -2.07. The van der Waals surface area contributed by atoms with Gasteiger partial charge in [0.1, 0.15) is 24.1 Å². The Morgan fingerprint density at radius 3 is 2.74 bits per heavy atom. The fourth-order valence-electron chi connectivity index (χ4n) is 4.13. The van der Waals surface area contributed by atoms with Crippen molar-refractivity contribution < 1.29 is 4.74 Å². The molecule has 0 spiro atoms. The van der Waals surface area contributed by atoms with E-state index in [2.05, 4.69) is 74.9 Å². The third-order valence-electron chi connectivity index (χ3n) is 5.95. The number of halogens is 1. The zero-order valence-electron chi connectivity index (χ0n) is 19.5. The summed E-state index contributed by atoms with van der Waals surface area (Å²) in [5, 5.41) is 15.6. The SMILES string of the molecule is CC#C[C@@H](CC1=NN=NC1)c1ccc(OCc2ccc3scc(-c4cc(Cl)ncc4C)c3c2)cc1. The number of rotatable bonds is 7. The van der Waals surface area contributed by atoms with Gasteiger partial charge in [-0.15, -0.1) is 22.4 Å². The summed E-state index contributed by atoms with van der Waals surface area (Å²) in [7, 11) is 0. The van der Waals surface area contributed by atoms with Crippen molar-refractivity contribution in [2.75, 3.05) is 6.54 Å². The van der Waals surface area contributed by atoms with Gasteiger partial charge in [0.2, 0.25) is 0 Å². The minimum Gasteiger partial charge on any atom is -0.489 e. The summed E-state index contributed by atoms with van der Waals surface area (Å²) in [5.74, 6) is 7.20. The van der Waals surface area contributed by atoms with Gasteiger partial charge in [-0.2, -0.15) is 5.11 Å². The van der Waals surface area contributed by atoms with Crippen LogP contribution in [0.2, 0.25) is 5.15 Å². The molecule has 0 unspecified atom stereocenters. The monoisotopic (exact) mass is 498 g/mol. The van der Waals surface area contributed by atoms with Crippen LogP contribution in [0.15, 0.2) is 75.5 Å². The van der Waals surface area contributed by atoms with Gasteiger partial charge in [-0.25, -0.2) is 4.98 Å². The maximum absolute atomic E-state index is 6.17. The van der Waals surface area contributed by atoms with Crippen LogP contribution in [0.1, 0.15) is 36.0 Å². The molecule has 4 aromatic rings. The molecule has 7 heteroatoms. The van der Waals surface area contributed by atoms with Gasteiger partial charge in [0.25, 0.3) is 0 Å². The Morgan fingerprint density at radius 1 is 1.11 bits per heavy atom. The molecule has 0 bridgehead atoms. The Morgan fingerprint density at radius 2 is 1.97 bits per heavy atom. The number of hydrogen-bond acceptors (Lipinski definition) is 6. The van der Waals surface area contributed by atoms with Crippen LogP contribution in [0.25, 0.3) is 21.2 Å². The maximum Gasteiger partial charge on any atom is 0.129 e. The second kappa shape index (κ2) is 10.4. The van der Waals surface area contributed by atoms with Crippen molar-refractivity contribution in [2.24, 2.45) is 15.4 Å². The van der Waals surface area contributed by atoms with Crippen LogP contribution < -0.4 is 4.74 Å². The first-order valence-electron chi connectivity index (χ1n) is 11.3. The number of fused-ring (bicyclic) bond motifs is 1. The van der Waals surface area contributed by atoms with E-state index in [1.165, 1.54) is 15.6 Å². The predicted octanol–water partition coefficient (Wildman–Crippen LogP) is 7.82. The summed E-state index contributed by atoms with van der Waals surface area (Å²) in [4.78, 5) is 4.19. The Balaban J connectivity index is 1.31. The molecule has 1 aliphatic heterocycles. The van der Waals surface area contributed by atoms with Crippen LogP contribution in [0.3, 0.4) is 0 Å². The first kappa shape index (κ1) is 23.2. The van der Waals surface area contributed by atoms with Gasteiger partial charge in [0.15, 0.2) is 0 Å². The van der Waals surface area contributed by atoms with Crippen LogP contribution in [-0.2, 0) is 6.61 Å². The summed E-state index contributed by atoms with van der Waals surface area (Å²) >= 11 is 7.91. The summed E-state index contributed by atoms with van der Waals surface area (Å²) in [5.41, 5.74) is 6.60. The molecular formula is C28H23ClN4OS. The number of ether oxygens (including phenoxy) is 1. The molecule has 5 nitrogen and oxygen atoms in total. The fourth-order valence-corrected chi connectivity index (χ4v) is 5.23. The van der Waals surface area contributed by atoms with Crippen LogP contribution in [0.4, 0.5) is 0 Å². The Kier molecular flexibility index (Phi) is 6.89. The Bertz CT molecular complexity index is 1500. The van der Waals surface area contributed by atoms with E-state index in [0.717, 1.165) is 40.1 Å². The van der Waals surface area contributed by atoms with E-state index in [1.807, 2.05) is 31.3 Å². The normalized spacial score (nSPS) is 13.4. The van der Waals surface area contributed by atoms with Crippen molar-refractivity contribution in [1.82, 2.24) is 4.98 Å². The average Bonchev–Trinajstić information content (AvgIpc) is 3.54. The zero-order valence-corrected chi connectivity index (χ0v) is 21.0. The largest absolute Gasteiger partial charge is 0.489 e. The molecule has 0 N–H and O–H groups in total. The molecule has 3 heterocycles. The molecule has 0 aliphatic carbocycles. The van der Waals surface area contributed by atoms with Crippen molar-refractivity contribution in [3.05, 3.63) is 82.0 Å². The lowest BCUT2D eigenvalue weighted by molar-refractivity contribution is 0.306. The second-order valence-electron chi connectivity index (χ2n) is 8.37. The first-order chi connectivity index (χ1) is 17.1. The molecule has 0 saturated carbocycles. The molecule has 0 amide bonds. The van der Waals surface area contributed by atoms with Gasteiger partial charge in [-0.05, 0) is 77.0 Å². The van der Waals surface area contributed by atoms with Gasteiger partial charge in [0, 0.05) is 28.3 Å². The van der Waals surface area contributed by atoms with Crippen LogP contribution >= 0.6 is 22.9 Å². The smallest absolute Gasteiger partial charge is 0.129 e. The summed E-state index contributed by atoms with van der Waals surface area (Å²) in [6, 6.07) is 16.6. The van der Waals surface area contributed by atoms with Crippen LogP contribution in [0, 0.1) is 18.8 Å². The highest BCUT2D eigenvalue weighted by molar-refractivity contribution is 7.17. The first-order valence-corrected chi connectivity index (χ1v) is 12.6. The second-order valence-corrected chi connectivity index (χ2v) is 9.66. The molecule has 174 valence electrons. The molecule has 1 atom stereocenters. The van der Waals surface area contributed by atoms with E-state index in [1.54, 1.807) is 11.3 Å². The van der Waals surface area contributed by atoms with Gasteiger partial charge >= 0.3 is 0 Å². The van der Waals surface area contributed by atoms with E-state index in [-0.39, 0.29) is 5.92 Å². The maximum atomic E-state index is 6.17. The molecular weight excluding hydrogens is 476 g/mol. The van der Waals surface area contributed by atoms with Crippen molar-refractivity contribution in [3.8, 4) is 28.7 Å². The Labute approximate surface area is 213 Å². The van der Waals surface area contributed by atoms with E-state index >= 15 is 0 Å². The number of benzene rings is 2. The van der Waals surface area contributed by atoms with Gasteiger partial charge in [-0.3, -0.25) is 0 Å². The number of hydrogen-bond donors (Lipinski definition) is 0. The summed E-state index contributed by atoms with van der Waals surface area (Å²) in [6.07, 6.45) is 2.56. The molecule has 2 aromatic carbocycles. The minimum absolute atomic E-state index is 0.0702. The molecule has 0 saturated heterocycles. The summed E-state index contributed by atoms with van der Waals surface area (Å²) in [6.45, 7) is 4.96. The van der Waals surface area contributed by atoms with E-state index < -0.39 is 0 Å². The highest BCUT2D eigenvalue weighted by Gasteiger charge is 2.15. The number of nitrogens with zero attached hydrogens (tertiary/aromatic N) is 4. The lowest BCUT2D eigenvalue weighted by atomic mass is 9.94. The average molecular weight is 499 g/mol. The van der Waals surface area contributed by atoms with E-state index in [0.29, 0.717) is 18.3 Å². The van der Waals surface area contributed by atoms with Gasteiger partial charge in [-0.1, -0.05) is 35.7 Å². The number of thiophene rings is 1. The predicted molar refractivity (Wildman–Crippen MR) is 144 cm³/mol. The standard InChI is InChI=1S/C28H23ClN4OS/c1-3-4-21(12-22-15-31-33-32-22)20-6-8-23(9-7-20)34-16-19-5-10-27-25(11-19)26(17-35-27)24-13-28(29)30-14-18(24)2/h5-11,13-14,17,21H,12,15-16H2,1-2H3/t21-/m0/s1. The number of aromatic nitrogens is 1. The zero-order chi connectivity index (χ0) is 24.2. The molecule has 1 aliphatic rings. The topological polar surface area (TPSA) is 59.2 Å². The lowest BCUT2D eigenvalue weighted by Gasteiger charge is -2.12. The highest BCUT2D eigenvalue weighted by atomic mass is 35.5. The van der Waals surface area contributed by atoms with Crippen molar-refractivity contribution in [3.63, 3.8) is 0 Å². The number of pyridine rings is 1. The van der Waals surface area contributed by atoms with Crippen molar-refractivity contribution in [1.29, 1.82) is 0 Å². The van der Waals surface area contributed by atoms with Gasteiger partial charge < -0.3 is 4.74 Å².